The van der Waals surface area contributed by atoms with Crippen molar-refractivity contribution in [2.24, 2.45) is 0 Å². The van der Waals surface area contributed by atoms with E-state index in [1.807, 2.05) is 18.2 Å². The average Bonchev–Trinajstić information content (AvgIpc) is 2.75. The number of aromatic nitrogens is 1. The fourth-order valence-corrected chi connectivity index (χ4v) is 4.16. The molecule has 0 saturated carbocycles. The molecule has 0 bridgehead atoms. The monoisotopic (exact) mass is 425 g/mol. The van der Waals surface area contributed by atoms with Crippen LogP contribution in [0.1, 0.15) is 16.7 Å². The lowest BCUT2D eigenvalue weighted by molar-refractivity contribution is 0.185. The summed E-state index contributed by atoms with van der Waals surface area (Å²) in [6.45, 7) is 0.826. The second kappa shape index (κ2) is 10.00. The number of nitrogens with zero attached hydrogens (tertiary/aromatic N) is 1. The van der Waals surface area contributed by atoms with Gasteiger partial charge in [0.05, 0.1) is 17.3 Å². The number of sulfone groups is 1. The highest BCUT2D eigenvalue weighted by molar-refractivity contribution is 7.90. The van der Waals surface area contributed by atoms with Crippen molar-refractivity contribution in [1.29, 1.82) is 0 Å². The molecule has 3 rings (SSSR count). The summed E-state index contributed by atoms with van der Waals surface area (Å²) in [6.07, 6.45) is 3.33. The number of hydrogen-bond donors (Lipinski definition) is 2. The van der Waals surface area contributed by atoms with Gasteiger partial charge >= 0.3 is 6.03 Å². The molecule has 0 unspecified atom stereocenters. The van der Waals surface area contributed by atoms with E-state index in [-0.39, 0.29) is 16.7 Å². The number of nitrogens with one attached hydrogen (secondary N) is 2. The highest BCUT2D eigenvalue weighted by Gasteiger charge is 2.15. The Bertz CT molecular complexity index is 1070. The zero-order valence-electron chi connectivity index (χ0n) is 16.5. The van der Waals surface area contributed by atoms with Crippen LogP contribution in [0, 0.1) is 0 Å². The molecule has 3 aromatic rings. The molecular weight excluding hydrogens is 402 g/mol. The Hall–Kier alpha value is -3.23. The van der Waals surface area contributed by atoms with Crippen molar-refractivity contribution in [3.63, 3.8) is 0 Å². The van der Waals surface area contributed by atoms with Crippen LogP contribution in [0.3, 0.4) is 0 Å². The van der Waals surface area contributed by atoms with Gasteiger partial charge in [-0.1, -0.05) is 30.3 Å². The smallest absolute Gasteiger partial charge is 0.319 e. The molecule has 2 aromatic carbocycles. The first-order valence-electron chi connectivity index (χ1n) is 9.29. The van der Waals surface area contributed by atoms with Gasteiger partial charge in [-0.25, -0.2) is 13.2 Å². The van der Waals surface area contributed by atoms with Crippen LogP contribution in [0.25, 0.3) is 0 Å². The maximum absolute atomic E-state index is 12.7. The molecule has 156 valence electrons. The van der Waals surface area contributed by atoms with Gasteiger partial charge in [-0.05, 0) is 47.0 Å². The van der Waals surface area contributed by atoms with E-state index >= 15 is 0 Å². The largest absolute Gasteiger partial charge is 0.380 e. The molecule has 8 heteroatoms. The zero-order chi connectivity index (χ0) is 21.4. The molecule has 1 aromatic heterocycles. The number of ether oxygens (including phenoxy) is 1. The molecule has 0 aliphatic carbocycles. The van der Waals surface area contributed by atoms with E-state index < -0.39 is 9.84 Å². The van der Waals surface area contributed by atoms with Crippen LogP contribution >= 0.6 is 0 Å². The number of anilines is 1. The van der Waals surface area contributed by atoms with Gasteiger partial charge in [0, 0.05) is 31.7 Å². The second-order valence-electron chi connectivity index (χ2n) is 6.70. The molecule has 0 aliphatic rings. The number of amides is 2. The predicted octanol–water partition coefficient (Wildman–Crippen LogP) is 3.52. The fourth-order valence-electron chi connectivity index (χ4n) is 2.81. The molecule has 7 nitrogen and oxygen atoms in total. The summed E-state index contributed by atoms with van der Waals surface area (Å²) in [5.41, 5.74) is 3.06. The summed E-state index contributed by atoms with van der Waals surface area (Å²) >= 11 is 0. The minimum absolute atomic E-state index is 0.0986. The molecule has 0 saturated heterocycles. The van der Waals surface area contributed by atoms with Crippen LogP contribution in [-0.4, -0.2) is 26.5 Å². The van der Waals surface area contributed by atoms with Crippen molar-refractivity contribution in [3.8, 4) is 0 Å². The van der Waals surface area contributed by atoms with Crippen LogP contribution < -0.4 is 10.6 Å². The topological polar surface area (TPSA) is 97.4 Å². The average molecular weight is 426 g/mol. The summed E-state index contributed by atoms with van der Waals surface area (Å²) in [5, 5.41) is 5.40. The molecule has 0 fully saturated rings. The third-order valence-corrected chi connectivity index (χ3v) is 6.04. The van der Waals surface area contributed by atoms with Crippen molar-refractivity contribution in [2.45, 2.75) is 23.8 Å². The Morgan fingerprint density at radius 3 is 2.30 bits per heavy atom. The van der Waals surface area contributed by atoms with Gasteiger partial charge in [-0.3, -0.25) is 4.98 Å². The van der Waals surface area contributed by atoms with Crippen molar-refractivity contribution in [2.75, 3.05) is 12.4 Å². The van der Waals surface area contributed by atoms with E-state index in [1.54, 1.807) is 49.8 Å². The van der Waals surface area contributed by atoms with Gasteiger partial charge in [-0.15, -0.1) is 0 Å². The van der Waals surface area contributed by atoms with Gasteiger partial charge in [-0.2, -0.15) is 0 Å². The number of pyridine rings is 1. The number of carbonyl (C=O) groups excluding carboxylic acids is 1. The lowest BCUT2D eigenvalue weighted by Gasteiger charge is -2.09. The molecule has 0 atom stereocenters. The van der Waals surface area contributed by atoms with Crippen LogP contribution in [0.2, 0.25) is 0 Å². The lowest BCUT2D eigenvalue weighted by atomic mass is 10.2. The Morgan fingerprint density at radius 1 is 0.967 bits per heavy atom. The number of urea groups is 1. The van der Waals surface area contributed by atoms with Crippen molar-refractivity contribution < 1.29 is 17.9 Å². The standard InChI is InChI=1S/C22H23N3O4S/c1-29-15-17-4-6-18(7-5-17)16-30(27,28)21-10-8-20(9-11-21)25-22(26)24-14-19-3-2-12-23-13-19/h2-13H,14-16H2,1H3,(H2,24,25,26). The van der Waals surface area contributed by atoms with E-state index in [0.29, 0.717) is 24.4 Å². The van der Waals surface area contributed by atoms with Crippen molar-refractivity contribution in [3.05, 3.63) is 89.7 Å². The summed E-state index contributed by atoms with van der Waals surface area (Å²) in [7, 11) is -1.88. The maximum atomic E-state index is 12.7. The minimum atomic E-state index is -3.50. The molecule has 0 spiro atoms. The SMILES string of the molecule is COCc1ccc(CS(=O)(=O)c2ccc(NC(=O)NCc3cccnc3)cc2)cc1. The van der Waals surface area contributed by atoms with E-state index in [0.717, 1.165) is 11.1 Å². The summed E-state index contributed by atoms with van der Waals surface area (Å²) in [5.74, 6) is -0.0986. The first kappa shape index (κ1) is 21.5. The van der Waals surface area contributed by atoms with Crippen LogP contribution in [0.4, 0.5) is 10.5 Å². The first-order chi connectivity index (χ1) is 14.5. The normalized spacial score (nSPS) is 11.1. The third kappa shape index (κ3) is 6.13. The van der Waals surface area contributed by atoms with Gasteiger partial charge in [0.25, 0.3) is 0 Å². The van der Waals surface area contributed by atoms with Gasteiger partial charge in [0.1, 0.15) is 0 Å². The number of hydrogen-bond acceptors (Lipinski definition) is 5. The molecular formula is C22H23N3O4S. The van der Waals surface area contributed by atoms with Crippen molar-refractivity contribution in [1.82, 2.24) is 10.3 Å². The lowest BCUT2D eigenvalue weighted by Crippen LogP contribution is -2.28. The zero-order valence-corrected chi connectivity index (χ0v) is 17.4. The van der Waals surface area contributed by atoms with Crippen LogP contribution in [0.15, 0.2) is 78.0 Å². The molecule has 30 heavy (non-hydrogen) atoms. The van der Waals surface area contributed by atoms with Gasteiger partial charge in [0.2, 0.25) is 0 Å². The quantitative estimate of drug-likeness (QED) is 0.575. The highest BCUT2D eigenvalue weighted by Crippen LogP contribution is 2.19. The number of benzene rings is 2. The van der Waals surface area contributed by atoms with Gasteiger partial charge < -0.3 is 15.4 Å². The number of methoxy groups -OCH3 is 1. The number of carbonyl (C=O) groups is 1. The second-order valence-corrected chi connectivity index (χ2v) is 8.69. The third-order valence-electron chi connectivity index (χ3n) is 4.34. The molecule has 0 aliphatic heterocycles. The van der Waals surface area contributed by atoms with Gasteiger partial charge in [0.15, 0.2) is 9.84 Å². The summed E-state index contributed by atoms with van der Waals surface area (Å²) in [6, 6.07) is 16.7. The maximum Gasteiger partial charge on any atom is 0.319 e. The van der Waals surface area contributed by atoms with E-state index in [1.165, 1.54) is 12.1 Å². The Morgan fingerprint density at radius 2 is 1.67 bits per heavy atom. The van der Waals surface area contributed by atoms with Crippen LogP contribution in [-0.2, 0) is 33.5 Å². The molecule has 2 N–H and O–H groups in total. The first-order valence-corrected chi connectivity index (χ1v) is 10.9. The van der Waals surface area contributed by atoms with Crippen LogP contribution in [0.5, 0.6) is 0 Å². The number of rotatable bonds is 8. The highest BCUT2D eigenvalue weighted by atomic mass is 32.2. The molecule has 0 radical (unpaired) electrons. The Kier molecular flexibility index (Phi) is 7.16. The summed E-state index contributed by atoms with van der Waals surface area (Å²) in [4.78, 5) is 16.2. The van der Waals surface area contributed by atoms with E-state index in [9.17, 15) is 13.2 Å². The minimum Gasteiger partial charge on any atom is -0.380 e. The molecule has 1 heterocycles. The Labute approximate surface area is 176 Å². The summed E-state index contributed by atoms with van der Waals surface area (Å²) < 4.78 is 30.4. The molecule has 2 amide bonds. The van der Waals surface area contributed by atoms with E-state index in [2.05, 4.69) is 15.6 Å². The fraction of sp³-hybridized carbons (Fsp3) is 0.182. The van der Waals surface area contributed by atoms with Crippen molar-refractivity contribution >= 4 is 21.6 Å². The van der Waals surface area contributed by atoms with E-state index in [4.69, 9.17) is 4.74 Å². The predicted molar refractivity (Wildman–Crippen MR) is 115 cm³/mol. The Balaban J connectivity index is 1.57.